The van der Waals surface area contributed by atoms with E-state index in [1.165, 1.54) is 0 Å². The summed E-state index contributed by atoms with van der Waals surface area (Å²) in [6, 6.07) is 0. The maximum absolute atomic E-state index is 9.41. The molecule has 0 aromatic carbocycles. The van der Waals surface area contributed by atoms with Gasteiger partial charge in [0.05, 0.1) is 6.61 Å². The van der Waals surface area contributed by atoms with Gasteiger partial charge in [-0.2, -0.15) is 0 Å². The van der Waals surface area contributed by atoms with Crippen molar-refractivity contribution in [2.45, 2.75) is 44.7 Å². The predicted molar refractivity (Wildman–Crippen MR) is 54.8 cm³/mol. The molecule has 1 heterocycles. The first-order valence-electron chi connectivity index (χ1n) is 5.08. The molecule has 0 bridgehead atoms. The molecule has 78 valence electrons. The molecule has 0 radical (unpaired) electrons. The van der Waals surface area contributed by atoms with E-state index in [0.717, 1.165) is 25.9 Å². The average molecular weight is 186 g/mol. The highest BCUT2D eigenvalue weighted by Gasteiger charge is 2.34. The molecular formula is C10H22N2O. The minimum Gasteiger partial charge on any atom is -0.394 e. The molecule has 3 N–H and O–H groups in total. The monoisotopic (exact) mass is 186 g/mol. The maximum atomic E-state index is 9.41. The first kappa shape index (κ1) is 11.0. The summed E-state index contributed by atoms with van der Waals surface area (Å²) < 4.78 is 0. The van der Waals surface area contributed by atoms with Crippen LogP contribution >= 0.6 is 0 Å². The molecule has 1 aliphatic heterocycles. The zero-order valence-electron chi connectivity index (χ0n) is 8.98. The topological polar surface area (TPSA) is 44.3 Å². The van der Waals surface area contributed by atoms with Crippen molar-refractivity contribution in [3.05, 3.63) is 0 Å². The summed E-state index contributed by atoms with van der Waals surface area (Å²) in [4.78, 5) is 0. The van der Waals surface area contributed by atoms with Gasteiger partial charge in [-0.1, -0.05) is 0 Å². The van der Waals surface area contributed by atoms with E-state index in [9.17, 15) is 5.11 Å². The summed E-state index contributed by atoms with van der Waals surface area (Å²) in [5.41, 5.74) is 0.0313. The number of nitrogens with one attached hydrogen (secondary N) is 2. The molecule has 0 amide bonds. The van der Waals surface area contributed by atoms with Gasteiger partial charge in [-0.05, 0) is 46.7 Å². The Bertz CT molecular complexity index is 157. The standard InChI is InChI=1S/C10H22N2O/c1-9(2,3)12-10(8-13)4-6-11-7-5-10/h11-13H,4-8H2,1-3H3. The van der Waals surface area contributed by atoms with Gasteiger partial charge in [0, 0.05) is 11.1 Å². The minimum absolute atomic E-state index is 0.0521. The molecule has 1 rings (SSSR count). The number of aliphatic hydroxyl groups excluding tert-OH is 1. The Morgan fingerprint density at radius 2 is 1.85 bits per heavy atom. The number of hydrogen-bond acceptors (Lipinski definition) is 3. The Labute approximate surface area is 80.9 Å². The molecule has 13 heavy (non-hydrogen) atoms. The van der Waals surface area contributed by atoms with Crippen LogP contribution in [0.2, 0.25) is 0 Å². The van der Waals surface area contributed by atoms with Gasteiger partial charge < -0.3 is 15.7 Å². The van der Waals surface area contributed by atoms with Crippen molar-refractivity contribution in [3.8, 4) is 0 Å². The van der Waals surface area contributed by atoms with Gasteiger partial charge in [0.15, 0.2) is 0 Å². The second kappa shape index (κ2) is 3.95. The summed E-state index contributed by atoms with van der Waals surface area (Å²) >= 11 is 0. The van der Waals surface area contributed by atoms with Crippen LogP contribution in [0.3, 0.4) is 0 Å². The van der Waals surface area contributed by atoms with Crippen LogP contribution in [0.4, 0.5) is 0 Å². The lowest BCUT2D eigenvalue weighted by atomic mass is 9.86. The Morgan fingerprint density at radius 1 is 1.31 bits per heavy atom. The lowest BCUT2D eigenvalue weighted by Crippen LogP contribution is -2.60. The fourth-order valence-electron chi connectivity index (χ4n) is 2.02. The van der Waals surface area contributed by atoms with Crippen LogP contribution in [-0.4, -0.2) is 35.9 Å². The Morgan fingerprint density at radius 3 is 2.23 bits per heavy atom. The van der Waals surface area contributed by atoms with Gasteiger partial charge in [0.25, 0.3) is 0 Å². The first-order valence-corrected chi connectivity index (χ1v) is 5.08. The van der Waals surface area contributed by atoms with E-state index < -0.39 is 0 Å². The molecule has 0 aliphatic carbocycles. The SMILES string of the molecule is CC(C)(C)NC1(CO)CCNCC1. The van der Waals surface area contributed by atoms with E-state index in [1.54, 1.807) is 0 Å². The third-order valence-electron chi connectivity index (χ3n) is 2.50. The predicted octanol–water partition coefficient (Wildman–Crippen LogP) is 0.489. The molecular weight excluding hydrogens is 164 g/mol. The zero-order valence-corrected chi connectivity index (χ0v) is 8.98. The number of hydrogen-bond donors (Lipinski definition) is 3. The molecule has 0 spiro atoms. The van der Waals surface area contributed by atoms with E-state index in [-0.39, 0.29) is 17.7 Å². The molecule has 1 saturated heterocycles. The number of rotatable bonds is 2. The molecule has 0 atom stereocenters. The Kier molecular flexibility index (Phi) is 3.33. The average Bonchev–Trinajstić information content (AvgIpc) is 2.03. The van der Waals surface area contributed by atoms with E-state index >= 15 is 0 Å². The summed E-state index contributed by atoms with van der Waals surface area (Å²) in [5.74, 6) is 0. The quantitative estimate of drug-likeness (QED) is 0.588. The highest BCUT2D eigenvalue weighted by atomic mass is 16.3. The fourth-order valence-corrected chi connectivity index (χ4v) is 2.02. The summed E-state index contributed by atoms with van der Waals surface area (Å²) in [5, 5.41) is 16.3. The van der Waals surface area contributed by atoms with E-state index in [1.807, 2.05) is 0 Å². The largest absolute Gasteiger partial charge is 0.394 e. The van der Waals surface area contributed by atoms with Crippen molar-refractivity contribution in [1.29, 1.82) is 0 Å². The second-order valence-electron chi connectivity index (χ2n) is 5.06. The zero-order chi connectivity index (χ0) is 9.95. The smallest absolute Gasteiger partial charge is 0.0614 e. The lowest BCUT2D eigenvalue weighted by Gasteiger charge is -2.42. The molecule has 0 saturated carbocycles. The van der Waals surface area contributed by atoms with E-state index in [2.05, 4.69) is 31.4 Å². The van der Waals surface area contributed by atoms with Crippen LogP contribution in [0, 0.1) is 0 Å². The lowest BCUT2D eigenvalue weighted by molar-refractivity contribution is 0.101. The van der Waals surface area contributed by atoms with Gasteiger partial charge in [0.2, 0.25) is 0 Å². The minimum atomic E-state index is -0.0521. The Balaban J connectivity index is 2.57. The van der Waals surface area contributed by atoms with Gasteiger partial charge in [-0.15, -0.1) is 0 Å². The van der Waals surface area contributed by atoms with Crippen molar-refractivity contribution >= 4 is 0 Å². The number of piperidine rings is 1. The molecule has 1 fully saturated rings. The van der Waals surface area contributed by atoms with E-state index in [0.29, 0.717) is 0 Å². The molecule has 0 aromatic heterocycles. The maximum Gasteiger partial charge on any atom is 0.0614 e. The normalized spacial score (nSPS) is 23.1. The fraction of sp³-hybridized carbons (Fsp3) is 1.00. The molecule has 0 aromatic rings. The molecule has 3 nitrogen and oxygen atoms in total. The summed E-state index contributed by atoms with van der Waals surface area (Å²) in [7, 11) is 0. The van der Waals surface area contributed by atoms with Crippen LogP contribution in [0.1, 0.15) is 33.6 Å². The number of aliphatic hydroxyl groups is 1. The van der Waals surface area contributed by atoms with Crippen LogP contribution in [0.25, 0.3) is 0 Å². The summed E-state index contributed by atoms with van der Waals surface area (Å²) in [6.45, 7) is 8.69. The van der Waals surface area contributed by atoms with Gasteiger partial charge in [-0.3, -0.25) is 0 Å². The molecule has 3 heteroatoms. The Hall–Kier alpha value is -0.120. The first-order chi connectivity index (χ1) is 5.97. The van der Waals surface area contributed by atoms with Crippen LogP contribution in [0.5, 0.6) is 0 Å². The molecule has 0 unspecified atom stereocenters. The second-order valence-corrected chi connectivity index (χ2v) is 5.06. The van der Waals surface area contributed by atoms with E-state index in [4.69, 9.17) is 0 Å². The highest BCUT2D eigenvalue weighted by Crippen LogP contribution is 2.21. The van der Waals surface area contributed by atoms with Gasteiger partial charge in [-0.25, -0.2) is 0 Å². The highest BCUT2D eigenvalue weighted by molar-refractivity contribution is 4.95. The van der Waals surface area contributed by atoms with Gasteiger partial charge in [0.1, 0.15) is 0 Å². The third kappa shape index (κ3) is 3.25. The van der Waals surface area contributed by atoms with Crippen molar-refractivity contribution < 1.29 is 5.11 Å². The van der Waals surface area contributed by atoms with Crippen LogP contribution in [-0.2, 0) is 0 Å². The summed E-state index contributed by atoms with van der Waals surface area (Å²) in [6.07, 6.45) is 2.03. The van der Waals surface area contributed by atoms with Crippen molar-refractivity contribution in [2.24, 2.45) is 0 Å². The van der Waals surface area contributed by atoms with Crippen LogP contribution < -0.4 is 10.6 Å². The van der Waals surface area contributed by atoms with Gasteiger partial charge >= 0.3 is 0 Å². The van der Waals surface area contributed by atoms with Crippen molar-refractivity contribution in [2.75, 3.05) is 19.7 Å². The van der Waals surface area contributed by atoms with Crippen molar-refractivity contribution in [3.63, 3.8) is 0 Å². The van der Waals surface area contributed by atoms with Crippen molar-refractivity contribution in [1.82, 2.24) is 10.6 Å². The molecule has 1 aliphatic rings. The van der Waals surface area contributed by atoms with Crippen LogP contribution in [0.15, 0.2) is 0 Å². The third-order valence-corrected chi connectivity index (χ3v) is 2.50.